The van der Waals surface area contributed by atoms with E-state index in [4.69, 9.17) is 5.11 Å². The number of aliphatic hydroxyl groups excluding tert-OH is 1. The maximum atomic E-state index is 12.0. The van der Waals surface area contributed by atoms with Crippen LogP contribution in [0.4, 0.5) is 0 Å². The Morgan fingerprint density at radius 2 is 2.15 bits per heavy atom. The Kier molecular flexibility index (Phi) is 7.70. The molecule has 1 unspecified atom stereocenters. The molecule has 1 aromatic carbocycles. The number of nitrogens with one attached hydrogen (secondary N) is 1. The van der Waals surface area contributed by atoms with Crippen molar-refractivity contribution in [1.29, 1.82) is 0 Å². The molecule has 0 fully saturated rings. The molecule has 20 heavy (non-hydrogen) atoms. The highest BCUT2D eigenvalue weighted by atomic mass is 32.2. The second-order valence-electron chi connectivity index (χ2n) is 5.16. The van der Waals surface area contributed by atoms with Crippen LogP contribution in [-0.4, -0.2) is 35.7 Å². The molecular formula is C16H25NO2S. The minimum Gasteiger partial charge on any atom is -0.396 e. The van der Waals surface area contributed by atoms with Crippen LogP contribution in [-0.2, 0) is 11.2 Å². The summed E-state index contributed by atoms with van der Waals surface area (Å²) >= 11 is 1.68. The molecule has 0 saturated heterocycles. The summed E-state index contributed by atoms with van der Waals surface area (Å²) in [5.74, 6) is 0.910. The van der Waals surface area contributed by atoms with Crippen molar-refractivity contribution >= 4 is 17.7 Å². The lowest BCUT2D eigenvalue weighted by Crippen LogP contribution is -2.37. The zero-order valence-corrected chi connectivity index (χ0v) is 13.4. The monoisotopic (exact) mass is 295 g/mol. The van der Waals surface area contributed by atoms with Gasteiger partial charge in [-0.25, -0.2) is 0 Å². The number of hydrogen-bond acceptors (Lipinski definition) is 3. The van der Waals surface area contributed by atoms with Crippen LogP contribution in [0.15, 0.2) is 18.2 Å². The van der Waals surface area contributed by atoms with E-state index in [0.717, 1.165) is 12.2 Å². The van der Waals surface area contributed by atoms with E-state index in [0.29, 0.717) is 12.8 Å². The quantitative estimate of drug-likeness (QED) is 0.774. The van der Waals surface area contributed by atoms with Crippen LogP contribution in [0, 0.1) is 13.8 Å². The smallest absolute Gasteiger partial charge is 0.220 e. The first-order chi connectivity index (χ1) is 9.56. The van der Waals surface area contributed by atoms with Gasteiger partial charge < -0.3 is 10.4 Å². The number of aliphatic hydroxyl groups is 1. The summed E-state index contributed by atoms with van der Waals surface area (Å²) in [5, 5.41) is 12.0. The highest BCUT2D eigenvalue weighted by molar-refractivity contribution is 7.98. The standard InChI is InChI=1S/C16H25NO2S/c1-12-4-5-14(13(2)10-12)6-7-16(19)17-15(8-9-18)11-20-3/h4-5,10,15,18H,6-9,11H2,1-3H3,(H,17,19). The van der Waals surface area contributed by atoms with Crippen molar-refractivity contribution in [2.45, 2.75) is 39.2 Å². The molecule has 112 valence electrons. The maximum Gasteiger partial charge on any atom is 0.220 e. The van der Waals surface area contributed by atoms with Crippen molar-refractivity contribution in [3.63, 3.8) is 0 Å². The molecule has 1 rings (SSSR count). The lowest BCUT2D eigenvalue weighted by molar-refractivity contribution is -0.121. The fourth-order valence-corrected chi connectivity index (χ4v) is 2.88. The van der Waals surface area contributed by atoms with E-state index >= 15 is 0 Å². The van der Waals surface area contributed by atoms with Crippen LogP contribution < -0.4 is 5.32 Å². The van der Waals surface area contributed by atoms with Gasteiger partial charge in [-0.3, -0.25) is 4.79 Å². The number of carbonyl (C=O) groups excluding carboxylic acids is 1. The van der Waals surface area contributed by atoms with Crippen molar-refractivity contribution in [2.24, 2.45) is 0 Å². The van der Waals surface area contributed by atoms with Gasteiger partial charge in [-0.2, -0.15) is 11.8 Å². The molecule has 0 radical (unpaired) electrons. The molecule has 0 aliphatic rings. The van der Waals surface area contributed by atoms with E-state index < -0.39 is 0 Å². The van der Waals surface area contributed by atoms with E-state index in [9.17, 15) is 4.79 Å². The van der Waals surface area contributed by atoms with E-state index in [1.807, 2.05) is 6.26 Å². The second kappa shape index (κ2) is 9.03. The molecule has 0 spiro atoms. The first kappa shape index (κ1) is 17.1. The van der Waals surface area contributed by atoms with Crippen molar-refractivity contribution in [2.75, 3.05) is 18.6 Å². The summed E-state index contributed by atoms with van der Waals surface area (Å²) in [6.07, 6.45) is 3.89. The molecule has 0 aromatic heterocycles. The van der Waals surface area contributed by atoms with Gasteiger partial charge in [0, 0.05) is 24.8 Å². The lowest BCUT2D eigenvalue weighted by atomic mass is 10.0. The number of hydrogen-bond donors (Lipinski definition) is 2. The zero-order chi connectivity index (χ0) is 15.0. The van der Waals surface area contributed by atoms with Crippen LogP contribution >= 0.6 is 11.8 Å². The number of rotatable bonds is 8. The number of thioether (sulfide) groups is 1. The Morgan fingerprint density at radius 1 is 1.40 bits per heavy atom. The van der Waals surface area contributed by atoms with Gasteiger partial charge >= 0.3 is 0 Å². The van der Waals surface area contributed by atoms with E-state index in [-0.39, 0.29) is 18.6 Å². The molecule has 3 nitrogen and oxygen atoms in total. The Balaban J connectivity index is 2.45. The van der Waals surface area contributed by atoms with Crippen LogP contribution in [0.3, 0.4) is 0 Å². The van der Waals surface area contributed by atoms with Crippen LogP contribution in [0.25, 0.3) is 0 Å². The first-order valence-corrected chi connectivity index (χ1v) is 8.41. The van der Waals surface area contributed by atoms with Crippen LogP contribution in [0.2, 0.25) is 0 Å². The summed E-state index contributed by atoms with van der Waals surface area (Å²) in [5.41, 5.74) is 3.72. The first-order valence-electron chi connectivity index (χ1n) is 7.02. The van der Waals surface area contributed by atoms with E-state index in [1.165, 1.54) is 16.7 Å². The fourth-order valence-electron chi connectivity index (χ4n) is 2.23. The highest BCUT2D eigenvalue weighted by Crippen LogP contribution is 2.12. The molecule has 1 atom stereocenters. The Labute approximate surface area is 126 Å². The molecule has 0 aliphatic heterocycles. The highest BCUT2D eigenvalue weighted by Gasteiger charge is 2.11. The SMILES string of the molecule is CSCC(CCO)NC(=O)CCc1ccc(C)cc1C. The topological polar surface area (TPSA) is 49.3 Å². The van der Waals surface area contributed by atoms with Gasteiger partial charge in [0.05, 0.1) is 0 Å². The molecule has 0 bridgehead atoms. The van der Waals surface area contributed by atoms with Gasteiger partial charge in [0.1, 0.15) is 0 Å². The molecule has 4 heteroatoms. The molecule has 0 aliphatic carbocycles. The third-order valence-corrected chi connectivity index (χ3v) is 4.07. The van der Waals surface area contributed by atoms with Gasteiger partial charge in [-0.05, 0) is 44.1 Å². The summed E-state index contributed by atoms with van der Waals surface area (Å²) < 4.78 is 0. The molecule has 2 N–H and O–H groups in total. The summed E-state index contributed by atoms with van der Waals surface area (Å²) in [4.78, 5) is 12.0. The summed E-state index contributed by atoms with van der Waals surface area (Å²) in [6, 6.07) is 6.41. The van der Waals surface area contributed by atoms with Crippen LogP contribution in [0.1, 0.15) is 29.5 Å². The fraction of sp³-hybridized carbons (Fsp3) is 0.562. The maximum absolute atomic E-state index is 12.0. The summed E-state index contributed by atoms with van der Waals surface area (Å²) in [6.45, 7) is 4.27. The third kappa shape index (κ3) is 5.97. The Hall–Kier alpha value is -1.00. The van der Waals surface area contributed by atoms with Gasteiger partial charge in [-0.1, -0.05) is 23.8 Å². The minimum atomic E-state index is 0.0671. The summed E-state index contributed by atoms with van der Waals surface area (Å²) in [7, 11) is 0. The normalized spacial score (nSPS) is 12.2. The van der Waals surface area contributed by atoms with Crippen molar-refractivity contribution in [3.05, 3.63) is 34.9 Å². The lowest BCUT2D eigenvalue weighted by Gasteiger charge is -2.16. The largest absolute Gasteiger partial charge is 0.396 e. The van der Waals surface area contributed by atoms with Gasteiger partial charge in [-0.15, -0.1) is 0 Å². The van der Waals surface area contributed by atoms with Crippen LogP contribution in [0.5, 0.6) is 0 Å². The van der Waals surface area contributed by atoms with Gasteiger partial charge in [0.25, 0.3) is 0 Å². The molecule has 1 aromatic rings. The van der Waals surface area contributed by atoms with Gasteiger partial charge in [0.15, 0.2) is 0 Å². The number of aryl methyl sites for hydroxylation is 3. The molecule has 1 amide bonds. The zero-order valence-electron chi connectivity index (χ0n) is 12.6. The average Bonchev–Trinajstić information content (AvgIpc) is 2.38. The Bertz CT molecular complexity index is 428. The predicted molar refractivity (Wildman–Crippen MR) is 86.3 cm³/mol. The average molecular weight is 295 g/mol. The predicted octanol–water partition coefficient (Wildman–Crippen LogP) is 2.47. The molecule has 0 saturated carbocycles. The van der Waals surface area contributed by atoms with Crippen molar-refractivity contribution in [3.8, 4) is 0 Å². The number of carbonyl (C=O) groups is 1. The Morgan fingerprint density at radius 3 is 2.75 bits per heavy atom. The van der Waals surface area contributed by atoms with Crippen molar-refractivity contribution < 1.29 is 9.90 Å². The number of benzene rings is 1. The molecular weight excluding hydrogens is 270 g/mol. The number of amides is 1. The third-order valence-electron chi connectivity index (χ3n) is 3.33. The second-order valence-corrected chi connectivity index (χ2v) is 6.07. The minimum absolute atomic E-state index is 0.0671. The molecule has 0 heterocycles. The van der Waals surface area contributed by atoms with E-state index in [2.05, 4.69) is 37.4 Å². The van der Waals surface area contributed by atoms with Gasteiger partial charge in [0.2, 0.25) is 5.91 Å². The van der Waals surface area contributed by atoms with E-state index in [1.54, 1.807) is 11.8 Å². The van der Waals surface area contributed by atoms with Crippen molar-refractivity contribution in [1.82, 2.24) is 5.32 Å².